The zero-order valence-corrected chi connectivity index (χ0v) is 12.2. The van der Waals surface area contributed by atoms with Crippen molar-refractivity contribution in [3.63, 3.8) is 0 Å². The topological polar surface area (TPSA) is 49.8 Å². The van der Waals surface area contributed by atoms with E-state index in [1.54, 1.807) is 7.11 Å². The van der Waals surface area contributed by atoms with Gasteiger partial charge in [0.05, 0.1) is 13.2 Å². The third-order valence-electron chi connectivity index (χ3n) is 2.61. The SMILES string of the molecule is COCCN(CC(=O)O)Cc1ccc(C)c(Br)c1. The number of carboxylic acid groups (broad SMARTS) is 1. The van der Waals surface area contributed by atoms with Crippen LogP contribution in [0.2, 0.25) is 0 Å². The fourth-order valence-electron chi connectivity index (χ4n) is 1.62. The molecule has 0 unspecified atom stereocenters. The molecule has 0 aliphatic heterocycles. The van der Waals surface area contributed by atoms with Crippen molar-refractivity contribution in [2.24, 2.45) is 0 Å². The second-order valence-electron chi connectivity index (χ2n) is 4.18. The van der Waals surface area contributed by atoms with Crippen LogP contribution in [0.5, 0.6) is 0 Å². The molecule has 0 radical (unpaired) electrons. The molecule has 1 rings (SSSR count). The lowest BCUT2D eigenvalue weighted by atomic mass is 10.1. The average Bonchev–Trinajstić information content (AvgIpc) is 2.30. The summed E-state index contributed by atoms with van der Waals surface area (Å²) in [6.45, 7) is 3.78. The molecule has 18 heavy (non-hydrogen) atoms. The summed E-state index contributed by atoms with van der Waals surface area (Å²) in [7, 11) is 1.61. The van der Waals surface area contributed by atoms with Crippen LogP contribution in [0.4, 0.5) is 0 Å². The number of benzene rings is 1. The van der Waals surface area contributed by atoms with Gasteiger partial charge in [0.1, 0.15) is 0 Å². The van der Waals surface area contributed by atoms with E-state index < -0.39 is 5.97 Å². The second-order valence-corrected chi connectivity index (χ2v) is 5.04. The first-order valence-corrected chi connectivity index (χ1v) is 6.50. The molecule has 0 spiro atoms. The lowest BCUT2D eigenvalue weighted by Crippen LogP contribution is -2.32. The number of rotatable bonds is 7. The van der Waals surface area contributed by atoms with Gasteiger partial charge in [-0.15, -0.1) is 0 Å². The molecule has 0 amide bonds. The van der Waals surface area contributed by atoms with Gasteiger partial charge in [0.25, 0.3) is 0 Å². The summed E-state index contributed by atoms with van der Waals surface area (Å²) in [5, 5.41) is 8.87. The van der Waals surface area contributed by atoms with Crippen molar-refractivity contribution < 1.29 is 14.6 Å². The van der Waals surface area contributed by atoms with Gasteiger partial charge in [-0.25, -0.2) is 0 Å². The molecule has 0 fully saturated rings. The largest absolute Gasteiger partial charge is 0.480 e. The zero-order valence-electron chi connectivity index (χ0n) is 10.6. The molecule has 0 saturated carbocycles. The van der Waals surface area contributed by atoms with Crippen LogP contribution in [0.15, 0.2) is 22.7 Å². The van der Waals surface area contributed by atoms with Crippen LogP contribution < -0.4 is 0 Å². The maximum atomic E-state index is 10.8. The van der Waals surface area contributed by atoms with E-state index in [9.17, 15) is 4.79 Å². The number of aliphatic carboxylic acids is 1. The molecule has 100 valence electrons. The number of methoxy groups -OCH3 is 1. The Morgan fingerprint density at radius 2 is 2.22 bits per heavy atom. The molecule has 0 aliphatic rings. The number of carboxylic acids is 1. The molecule has 5 heteroatoms. The molecule has 0 aromatic heterocycles. The summed E-state index contributed by atoms with van der Waals surface area (Å²) in [6, 6.07) is 6.06. The van der Waals surface area contributed by atoms with Gasteiger partial charge in [-0.2, -0.15) is 0 Å². The standard InChI is InChI=1S/C13H18BrNO3/c1-10-3-4-11(7-12(10)14)8-15(5-6-18-2)9-13(16)17/h3-4,7H,5-6,8-9H2,1-2H3,(H,16,17). The monoisotopic (exact) mass is 315 g/mol. The molecule has 1 N–H and O–H groups in total. The first kappa shape index (κ1) is 15.1. The Labute approximate surface area is 116 Å². The maximum Gasteiger partial charge on any atom is 0.317 e. The smallest absolute Gasteiger partial charge is 0.317 e. The Hall–Kier alpha value is -0.910. The van der Waals surface area contributed by atoms with Gasteiger partial charge in [0.15, 0.2) is 0 Å². The van der Waals surface area contributed by atoms with Crippen LogP contribution in [-0.4, -0.2) is 42.8 Å². The molecule has 0 heterocycles. The molecule has 1 aromatic rings. The Balaban J connectivity index is 2.68. The Kier molecular flexibility index (Phi) is 6.32. The molecular weight excluding hydrogens is 298 g/mol. The Bertz CT molecular complexity index is 409. The normalized spacial score (nSPS) is 10.9. The fraction of sp³-hybridized carbons (Fsp3) is 0.462. The molecule has 0 aliphatic carbocycles. The molecule has 1 aromatic carbocycles. The number of carbonyl (C=O) groups is 1. The lowest BCUT2D eigenvalue weighted by molar-refractivity contribution is -0.138. The average molecular weight is 316 g/mol. The summed E-state index contributed by atoms with van der Waals surface area (Å²) in [4.78, 5) is 12.6. The van der Waals surface area contributed by atoms with E-state index in [0.717, 1.165) is 10.0 Å². The Morgan fingerprint density at radius 3 is 2.78 bits per heavy atom. The number of aryl methyl sites for hydroxylation is 1. The number of hydrogen-bond acceptors (Lipinski definition) is 3. The highest BCUT2D eigenvalue weighted by molar-refractivity contribution is 9.10. The Morgan fingerprint density at radius 1 is 1.50 bits per heavy atom. The van der Waals surface area contributed by atoms with Crippen molar-refractivity contribution in [2.45, 2.75) is 13.5 Å². The van der Waals surface area contributed by atoms with Gasteiger partial charge in [0, 0.05) is 24.7 Å². The number of halogens is 1. The van der Waals surface area contributed by atoms with E-state index in [1.807, 2.05) is 30.0 Å². The van der Waals surface area contributed by atoms with E-state index >= 15 is 0 Å². The van der Waals surface area contributed by atoms with Gasteiger partial charge in [-0.3, -0.25) is 9.69 Å². The number of hydrogen-bond donors (Lipinski definition) is 1. The van der Waals surface area contributed by atoms with Gasteiger partial charge in [-0.1, -0.05) is 28.1 Å². The molecule has 0 bridgehead atoms. The summed E-state index contributed by atoms with van der Waals surface area (Å²) >= 11 is 3.48. The van der Waals surface area contributed by atoms with E-state index in [0.29, 0.717) is 19.7 Å². The summed E-state index contributed by atoms with van der Waals surface area (Å²) < 4.78 is 6.03. The van der Waals surface area contributed by atoms with Crippen molar-refractivity contribution in [3.8, 4) is 0 Å². The molecule has 0 saturated heterocycles. The minimum absolute atomic E-state index is 0.0227. The van der Waals surface area contributed by atoms with Crippen LogP contribution in [-0.2, 0) is 16.1 Å². The van der Waals surface area contributed by atoms with Crippen LogP contribution in [0.1, 0.15) is 11.1 Å². The third-order valence-corrected chi connectivity index (χ3v) is 3.47. The minimum atomic E-state index is -0.822. The fourth-order valence-corrected chi connectivity index (χ4v) is 2.04. The second kappa shape index (κ2) is 7.51. The highest BCUT2D eigenvalue weighted by Gasteiger charge is 2.10. The summed E-state index contributed by atoms with van der Waals surface area (Å²) in [5.41, 5.74) is 2.25. The maximum absolute atomic E-state index is 10.8. The summed E-state index contributed by atoms with van der Waals surface area (Å²) in [6.07, 6.45) is 0. The van der Waals surface area contributed by atoms with Crippen molar-refractivity contribution in [3.05, 3.63) is 33.8 Å². The highest BCUT2D eigenvalue weighted by atomic mass is 79.9. The first-order chi connectivity index (χ1) is 8.52. The first-order valence-electron chi connectivity index (χ1n) is 5.71. The third kappa shape index (κ3) is 5.16. The van der Waals surface area contributed by atoms with Gasteiger partial charge < -0.3 is 9.84 Å². The van der Waals surface area contributed by atoms with Crippen LogP contribution in [0.25, 0.3) is 0 Å². The predicted octanol–water partition coefficient (Wildman–Crippen LogP) is 2.29. The van der Waals surface area contributed by atoms with Gasteiger partial charge in [-0.05, 0) is 24.1 Å². The quantitative estimate of drug-likeness (QED) is 0.838. The van der Waals surface area contributed by atoms with Gasteiger partial charge >= 0.3 is 5.97 Å². The van der Waals surface area contributed by atoms with Crippen LogP contribution in [0.3, 0.4) is 0 Å². The predicted molar refractivity (Wildman–Crippen MR) is 73.7 cm³/mol. The van der Waals surface area contributed by atoms with E-state index in [4.69, 9.17) is 9.84 Å². The van der Waals surface area contributed by atoms with Crippen LogP contribution >= 0.6 is 15.9 Å². The van der Waals surface area contributed by atoms with E-state index in [-0.39, 0.29) is 6.54 Å². The number of ether oxygens (including phenoxy) is 1. The minimum Gasteiger partial charge on any atom is -0.480 e. The lowest BCUT2D eigenvalue weighted by Gasteiger charge is -2.20. The highest BCUT2D eigenvalue weighted by Crippen LogP contribution is 2.18. The molecule has 0 atom stereocenters. The van der Waals surface area contributed by atoms with E-state index in [2.05, 4.69) is 15.9 Å². The van der Waals surface area contributed by atoms with E-state index in [1.165, 1.54) is 5.56 Å². The molecular formula is C13H18BrNO3. The van der Waals surface area contributed by atoms with Gasteiger partial charge in [0.2, 0.25) is 0 Å². The van der Waals surface area contributed by atoms with Crippen molar-refractivity contribution >= 4 is 21.9 Å². The summed E-state index contributed by atoms with van der Waals surface area (Å²) in [5.74, 6) is -0.822. The van der Waals surface area contributed by atoms with Crippen molar-refractivity contribution in [1.82, 2.24) is 4.90 Å². The van der Waals surface area contributed by atoms with Crippen molar-refractivity contribution in [1.29, 1.82) is 0 Å². The van der Waals surface area contributed by atoms with Crippen LogP contribution in [0, 0.1) is 6.92 Å². The van der Waals surface area contributed by atoms with Crippen molar-refractivity contribution in [2.75, 3.05) is 26.8 Å². The molecule has 4 nitrogen and oxygen atoms in total. The zero-order chi connectivity index (χ0) is 13.5. The number of nitrogens with zero attached hydrogens (tertiary/aromatic N) is 1.